The van der Waals surface area contributed by atoms with Crippen molar-refractivity contribution in [1.82, 2.24) is 9.80 Å². The van der Waals surface area contributed by atoms with Crippen LogP contribution in [-0.4, -0.2) is 98.7 Å². The molecule has 33 heavy (non-hydrogen) atoms. The highest BCUT2D eigenvalue weighted by molar-refractivity contribution is 6.02. The Hall–Kier alpha value is -2.53. The van der Waals surface area contributed by atoms with Crippen LogP contribution in [0.3, 0.4) is 0 Å². The molecule has 0 aliphatic heterocycles. The van der Waals surface area contributed by atoms with Crippen molar-refractivity contribution in [2.45, 2.75) is 77.2 Å². The van der Waals surface area contributed by atoms with E-state index in [1.165, 1.54) is 25.7 Å². The number of carbonyl (C=O) groups excluding carboxylic acids is 1. The molecule has 4 N–H and O–H groups in total. The van der Waals surface area contributed by atoms with Crippen molar-refractivity contribution >= 4 is 29.7 Å². The molecule has 0 bridgehead atoms. The highest BCUT2D eigenvalue weighted by Crippen LogP contribution is 2.13. The fourth-order valence-corrected chi connectivity index (χ4v) is 3.58. The number of carbonyl (C=O) groups is 5. The molecule has 0 aliphatic carbocycles. The number of ketones is 1. The molecule has 0 radical (unpaired) electrons. The van der Waals surface area contributed by atoms with Crippen LogP contribution in [0.15, 0.2) is 0 Å². The van der Waals surface area contributed by atoms with E-state index in [0.717, 1.165) is 35.5 Å². The maximum Gasteiger partial charge on any atom is 0.328 e. The molecule has 1 atom stereocenters. The zero-order chi connectivity index (χ0) is 25.2. The third-order valence-electron chi connectivity index (χ3n) is 5.19. The van der Waals surface area contributed by atoms with Crippen LogP contribution in [-0.2, 0) is 24.0 Å². The Labute approximate surface area is 194 Å². The lowest BCUT2D eigenvalue weighted by atomic mass is 10.0. The van der Waals surface area contributed by atoms with E-state index >= 15 is 0 Å². The van der Waals surface area contributed by atoms with E-state index in [4.69, 9.17) is 15.3 Å². The molecule has 0 aromatic heterocycles. The van der Waals surface area contributed by atoms with E-state index < -0.39 is 55.3 Å². The molecule has 0 saturated heterocycles. The van der Waals surface area contributed by atoms with Crippen molar-refractivity contribution in [1.29, 1.82) is 0 Å². The van der Waals surface area contributed by atoms with E-state index in [2.05, 4.69) is 6.92 Å². The second-order valence-electron chi connectivity index (χ2n) is 8.15. The Morgan fingerprint density at radius 2 is 1.09 bits per heavy atom. The van der Waals surface area contributed by atoms with Crippen molar-refractivity contribution in [3.05, 3.63) is 0 Å². The third kappa shape index (κ3) is 15.8. The zero-order valence-electron chi connectivity index (χ0n) is 19.4. The van der Waals surface area contributed by atoms with Gasteiger partial charge in [0.2, 0.25) is 0 Å². The second kappa shape index (κ2) is 18.0. The molecular formula is C22H38N2O9. The van der Waals surface area contributed by atoms with Gasteiger partial charge in [0, 0.05) is 19.5 Å². The molecule has 0 saturated carbocycles. The van der Waals surface area contributed by atoms with Gasteiger partial charge in [-0.15, -0.1) is 0 Å². The Balaban J connectivity index is 4.85. The third-order valence-corrected chi connectivity index (χ3v) is 5.19. The lowest BCUT2D eigenvalue weighted by Crippen LogP contribution is -2.52. The van der Waals surface area contributed by atoms with Gasteiger partial charge in [0.25, 0.3) is 0 Å². The number of carboxylic acid groups (broad SMARTS) is 4. The van der Waals surface area contributed by atoms with E-state index in [9.17, 15) is 29.1 Å². The number of Topliss-reactive ketones (excluding diaryl/α,β-unsaturated/α-hetero) is 1. The molecule has 0 aromatic rings. The van der Waals surface area contributed by atoms with Crippen LogP contribution in [0.1, 0.15) is 71.1 Å². The second-order valence-corrected chi connectivity index (χ2v) is 8.15. The summed E-state index contributed by atoms with van der Waals surface area (Å²) in [6.45, 7) is -0.321. The van der Waals surface area contributed by atoms with Gasteiger partial charge in [0.15, 0.2) is 11.8 Å². The van der Waals surface area contributed by atoms with Gasteiger partial charge in [0.05, 0.1) is 19.6 Å². The van der Waals surface area contributed by atoms with E-state index in [1.807, 2.05) is 0 Å². The molecular weight excluding hydrogens is 436 g/mol. The van der Waals surface area contributed by atoms with Gasteiger partial charge in [-0.05, 0) is 6.42 Å². The summed E-state index contributed by atoms with van der Waals surface area (Å²) < 4.78 is 0. The molecule has 0 heterocycles. The van der Waals surface area contributed by atoms with Crippen LogP contribution in [0.2, 0.25) is 0 Å². The number of aliphatic carboxylic acids is 4. The van der Waals surface area contributed by atoms with Gasteiger partial charge >= 0.3 is 23.9 Å². The normalized spacial score (nSPS) is 12.1. The minimum atomic E-state index is -1.69. The molecule has 1 unspecified atom stereocenters. The van der Waals surface area contributed by atoms with Crippen molar-refractivity contribution < 1.29 is 44.4 Å². The number of hydrogen-bond donors (Lipinski definition) is 4. The summed E-state index contributed by atoms with van der Waals surface area (Å²) in [5.41, 5.74) is 0. The minimum Gasteiger partial charge on any atom is -0.480 e. The summed E-state index contributed by atoms with van der Waals surface area (Å²) in [7, 11) is 0. The first kappa shape index (κ1) is 30.5. The molecule has 0 fully saturated rings. The summed E-state index contributed by atoms with van der Waals surface area (Å²) in [6.07, 6.45) is 9.19. The van der Waals surface area contributed by atoms with Gasteiger partial charge in [-0.2, -0.15) is 0 Å². The first-order chi connectivity index (χ1) is 15.6. The van der Waals surface area contributed by atoms with Crippen LogP contribution in [0.5, 0.6) is 0 Å². The van der Waals surface area contributed by atoms with Gasteiger partial charge in [-0.3, -0.25) is 33.8 Å². The predicted octanol–water partition coefficient (Wildman–Crippen LogP) is 1.79. The molecule has 11 heteroatoms. The Morgan fingerprint density at radius 3 is 1.52 bits per heavy atom. The standard InChI is InChI=1S/C22H38N2O9/c1-2-3-4-5-6-7-8-9-10-11-17(25)21(22(32)33)24(16-20(30)31)13-12-23(14-18(26)27)15-19(28)29/h21H,2-16H2,1H3,(H,26,27)(H,28,29)(H,30,31)(H,32,33). The molecule has 190 valence electrons. The molecule has 0 aromatic carbocycles. The fraction of sp³-hybridized carbons (Fsp3) is 0.773. The quantitative estimate of drug-likeness (QED) is 0.133. The maximum atomic E-state index is 12.6. The smallest absolute Gasteiger partial charge is 0.328 e. The van der Waals surface area contributed by atoms with Crippen LogP contribution >= 0.6 is 0 Å². The predicted molar refractivity (Wildman–Crippen MR) is 119 cm³/mol. The van der Waals surface area contributed by atoms with Crippen molar-refractivity contribution in [2.75, 3.05) is 32.7 Å². The zero-order valence-corrected chi connectivity index (χ0v) is 19.4. The van der Waals surface area contributed by atoms with E-state index in [1.54, 1.807) is 0 Å². The van der Waals surface area contributed by atoms with Crippen LogP contribution in [0.25, 0.3) is 0 Å². The monoisotopic (exact) mass is 474 g/mol. The number of hydrogen-bond acceptors (Lipinski definition) is 7. The van der Waals surface area contributed by atoms with Crippen molar-refractivity contribution in [3.63, 3.8) is 0 Å². The summed E-state index contributed by atoms with van der Waals surface area (Å²) in [6, 6.07) is -1.69. The highest BCUT2D eigenvalue weighted by Gasteiger charge is 2.33. The summed E-state index contributed by atoms with van der Waals surface area (Å²) in [5, 5.41) is 36.6. The van der Waals surface area contributed by atoms with Crippen LogP contribution in [0, 0.1) is 0 Å². The lowest BCUT2D eigenvalue weighted by molar-refractivity contribution is -0.152. The van der Waals surface area contributed by atoms with Crippen molar-refractivity contribution in [2.24, 2.45) is 0 Å². The van der Waals surface area contributed by atoms with Gasteiger partial charge in [-0.1, -0.05) is 58.3 Å². The topological polar surface area (TPSA) is 173 Å². The van der Waals surface area contributed by atoms with E-state index in [-0.39, 0.29) is 19.5 Å². The number of carboxylic acids is 4. The first-order valence-corrected chi connectivity index (χ1v) is 11.5. The van der Waals surface area contributed by atoms with E-state index in [0.29, 0.717) is 6.42 Å². The van der Waals surface area contributed by atoms with Gasteiger partial charge < -0.3 is 20.4 Å². The van der Waals surface area contributed by atoms with Crippen LogP contribution in [0.4, 0.5) is 0 Å². The summed E-state index contributed by atoms with van der Waals surface area (Å²) >= 11 is 0. The average Bonchev–Trinajstić information content (AvgIpc) is 2.69. The molecule has 0 rings (SSSR count). The number of unbranched alkanes of at least 4 members (excludes halogenated alkanes) is 8. The lowest BCUT2D eigenvalue weighted by Gasteiger charge is -2.28. The Bertz CT molecular complexity index is 623. The van der Waals surface area contributed by atoms with Gasteiger partial charge in [-0.25, -0.2) is 0 Å². The fourth-order valence-electron chi connectivity index (χ4n) is 3.58. The number of rotatable bonds is 22. The molecule has 11 nitrogen and oxygen atoms in total. The Kier molecular flexibility index (Phi) is 16.6. The molecule has 0 spiro atoms. The SMILES string of the molecule is CCCCCCCCCCCC(=O)C(C(=O)O)N(CCN(CC(=O)O)CC(=O)O)CC(=O)O. The first-order valence-electron chi connectivity index (χ1n) is 11.5. The summed E-state index contributed by atoms with van der Waals surface area (Å²) in [5.74, 6) is -6.01. The summed E-state index contributed by atoms with van der Waals surface area (Å²) in [4.78, 5) is 59.4. The Morgan fingerprint density at radius 1 is 0.636 bits per heavy atom. The largest absolute Gasteiger partial charge is 0.480 e. The van der Waals surface area contributed by atoms with Crippen LogP contribution < -0.4 is 0 Å². The molecule has 0 amide bonds. The minimum absolute atomic E-state index is 0.00309. The maximum absolute atomic E-state index is 12.6. The van der Waals surface area contributed by atoms with Gasteiger partial charge in [0.1, 0.15) is 0 Å². The highest BCUT2D eigenvalue weighted by atomic mass is 16.4. The number of nitrogens with zero attached hydrogens (tertiary/aromatic N) is 2. The van der Waals surface area contributed by atoms with Crippen molar-refractivity contribution in [3.8, 4) is 0 Å². The average molecular weight is 475 g/mol. The molecule has 0 aliphatic rings.